The molecule has 2 heterocycles. The van der Waals surface area contributed by atoms with Crippen LogP contribution in [0.4, 0.5) is 4.39 Å². The lowest BCUT2D eigenvalue weighted by Gasteiger charge is -2.17. The van der Waals surface area contributed by atoms with Crippen LogP contribution in [0.25, 0.3) is 0 Å². The number of thiophene rings is 1. The highest BCUT2D eigenvalue weighted by Crippen LogP contribution is 2.33. The Morgan fingerprint density at radius 2 is 2.35 bits per heavy atom. The number of aromatic nitrogens is 1. The van der Waals surface area contributed by atoms with Gasteiger partial charge in [-0.05, 0) is 46.1 Å². The molecule has 0 aliphatic rings. The maximum Gasteiger partial charge on any atom is 0.146 e. The lowest BCUT2D eigenvalue weighted by atomic mass is 10.1. The Morgan fingerprint density at radius 3 is 2.94 bits per heavy atom. The Labute approximate surface area is 112 Å². The third-order valence-electron chi connectivity index (χ3n) is 2.38. The van der Waals surface area contributed by atoms with Gasteiger partial charge in [-0.25, -0.2) is 4.39 Å². The van der Waals surface area contributed by atoms with Crippen molar-refractivity contribution in [2.24, 2.45) is 0 Å². The molecule has 0 aromatic carbocycles. The van der Waals surface area contributed by atoms with E-state index in [2.05, 4.69) is 26.2 Å². The third kappa shape index (κ3) is 2.73. The Balaban J connectivity index is 2.43. The van der Waals surface area contributed by atoms with Gasteiger partial charge in [0.05, 0.1) is 11.7 Å². The average Bonchev–Trinajstić information content (AvgIpc) is 2.74. The second-order valence-electron chi connectivity index (χ2n) is 3.49. The maximum absolute atomic E-state index is 13.8. The highest BCUT2D eigenvalue weighted by Gasteiger charge is 2.21. The third-order valence-corrected chi connectivity index (χ3v) is 4.31. The van der Waals surface area contributed by atoms with Crippen molar-refractivity contribution in [3.63, 3.8) is 0 Å². The van der Waals surface area contributed by atoms with E-state index in [0.29, 0.717) is 5.69 Å². The van der Waals surface area contributed by atoms with Crippen molar-refractivity contribution in [1.82, 2.24) is 10.3 Å². The summed E-state index contributed by atoms with van der Waals surface area (Å²) in [5.74, 6) is -0.279. The van der Waals surface area contributed by atoms with Crippen LogP contribution in [0.2, 0.25) is 0 Å². The van der Waals surface area contributed by atoms with Crippen LogP contribution in [0.1, 0.15) is 23.5 Å². The Bertz CT molecular complexity index is 501. The van der Waals surface area contributed by atoms with Crippen LogP contribution < -0.4 is 5.32 Å². The van der Waals surface area contributed by atoms with Gasteiger partial charge in [0.1, 0.15) is 5.82 Å². The first kappa shape index (κ1) is 12.7. The molecule has 0 amide bonds. The number of nitrogens with zero attached hydrogens (tertiary/aromatic N) is 1. The normalized spacial score (nSPS) is 12.6. The number of nitrogens with one attached hydrogen (secondary N) is 1. The average molecular weight is 315 g/mol. The molecule has 1 unspecified atom stereocenters. The number of pyridine rings is 1. The van der Waals surface area contributed by atoms with Crippen molar-refractivity contribution >= 4 is 27.3 Å². The van der Waals surface area contributed by atoms with Crippen LogP contribution in [0.3, 0.4) is 0 Å². The maximum atomic E-state index is 13.8. The fraction of sp³-hybridized carbons (Fsp3) is 0.250. The van der Waals surface area contributed by atoms with Crippen LogP contribution in [0, 0.1) is 5.82 Å². The first-order valence-corrected chi connectivity index (χ1v) is 6.98. The largest absolute Gasteiger partial charge is 0.304 e. The van der Waals surface area contributed by atoms with Crippen molar-refractivity contribution in [2.75, 3.05) is 6.54 Å². The summed E-state index contributed by atoms with van der Waals surface area (Å²) in [6.07, 6.45) is 1.62. The summed E-state index contributed by atoms with van der Waals surface area (Å²) in [7, 11) is 0. The second kappa shape index (κ2) is 5.71. The summed E-state index contributed by atoms with van der Waals surface area (Å²) < 4.78 is 14.8. The van der Waals surface area contributed by atoms with E-state index in [1.54, 1.807) is 23.6 Å². The molecular formula is C12H12BrFN2S. The SMILES string of the molecule is CCNC(c1ncccc1F)c1sccc1Br. The molecular weight excluding hydrogens is 303 g/mol. The molecule has 2 rings (SSSR count). The lowest BCUT2D eigenvalue weighted by molar-refractivity contribution is 0.546. The molecule has 0 aliphatic carbocycles. The summed E-state index contributed by atoms with van der Waals surface area (Å²) >= 11 is 5.06. The van der Waals surface area contributed by atoms with Crippen LogP contribution in [-0.2, 0) is 0 Å². The summed E-state index contributed by atoms with van der Waals surface area (Å²) in [6.45, 7) is 2.75. The molecule has 90 valence electrons. The number of halogens is 2. The molecule has 1 atom stereocenters. The highest BCUT2D eigenvalue weighted by molar-refractivity contribution is 9.10. The topological polar surface area (TPSA) is 24.9 Å². The Kier molecular flexibility index (Phi) is 4.25. The van der Waals surface area contributed by atoms with Crippen molar-refractivity contribution in [1.29, 1.82) is 0 Å². The number of rotatable bonds is 4. The minimum Gasteiger partial charge on any atom is -0.304 e. The molecule has 0 aliphatic heterocycles. The van der Waals surface area contributed by atoms with Gasteiger partial charge in [0, 0.05) is 15.5 Å². The van der Waals surface area contributed by atoms with Gasteiger partial charge in [-0.1, -0.05) is 6.92 Å². The van der Waals surface area contributed by atoms with Gasteiger partial charge in [0.2, 0.25) is 0 Å². The molecule has 2 aromatic heterocycles. The van der Waals surface area contributed by atoms with Gasteiger partial charge in [-0.15, -0.1) is 11.3 Å². The van der Waals surface area contributed by atoms with Crippen LogP contribution in [-0.4, -0.2) is 11.5 Å². The van der Waals surface area contributed by atoms with E-state index in [9.17, 15) is 4.39 Å². The van der Waals surface area contributed by atoms with E-state index < -0.39 is 0 Å². The summed E-state index contributed by atoms with van der Waals surface area (Å²) in [5, 5.41) is 5.24. The fourth-order valence-electron chi connectivity index (χ4n) is 1.64. The molecule has 2 aromatic rings. The standard InChI is InChI=1S/C12H12BrFN2S/c1-2-15-11(12-8(13)5-7-17-12)10-9(14)4-3-6-16-10/h3-7,11,15H,2H2,1H3. The molecule has 0 spiro atoms. The molecule has 17 heavy (non-hydrogen) atoms. The molecule has 0 radical (unpaired) electrons. The van der Waals surface area contributed by atoms with Crippen LogP contribution >= 0.6 is 27.3 Å². The summed E-state index contributed by atoms with van der Waals surface area (Å²) in [6, 6.07) is 4.81. The van der Waals surface area contributed by atoms with Crippen molar-refractivity contribution in [3.05, 3.63) is 50.6 Å². The van der Waals surface area contributed by atoms with Gasteiger partial charge in [-0.2, -0.15) is 0 Å². The van der Waals surface area contributed by atoms with E-state index in [1.165, 1.54) is 6.07 Å². The van der Waals surface area contributed by atoms with Gasteiger partial charge < -0.3 is 5.32 Å². The van der Waals surface area contributed by atoms with E-state index in [4.69, 9.17) is 0 Å². The molecule has 0 fully saturated rings. The first-order chi connectivity index (χ1) is 8.24. The van der Waals surface area contributed by atoms with Crippen LogP contribution in [0.5, 0.6) is 0 Å². The Hall–Kier alpha value is -0.780. The predicted octanol–water partition coefficient (Wildman–Crippen LogP) is 3.74. The zero-order valence-corrected chi connectivity index (χ0v) is 11.7. The van der Waals surface area contributed by atoms with Gasteiger partial charge in [0.15, 0.2) is 0 Å². The molecule has 0 saturated heterocycles. The molecule has 0 saturated carbocycles. The van der Waals surface area contributed by atoms with Gasteiger partial charge in [-0.3, -0.25) is 4.98 Å². The van der Waals surface area contributed by atoms with Crippen molar-refractivity contribution < 1.29 is 4.39 Å². The van der Waals surface area contributed by atoms with Crippen LogP contribution in [0.15, 0.2) is 34.2 Å². The second-order valence-corrected chi connectivity index (χ2v) is 5.30. The van der Waals surface area contributed by atoms with E-state index >= 15 is 0 Å². The van der Waals surface area contributed by atoms with Crippen molar-refractivity contribution in [2.45, 2.75) is 13.0 Å². The number of hydrogen-bond donors (Lipinski definition) is 1. The lowest BCUT2D eigenvalue weighted by Crippen LogP contribution is -2.23. The minimum absolute atomic E-state index is 0.199. The van der Waals surface area contributed by atoms with Gasteiger partial charge in [0.25, 0.3) is 0 Å². The quantitative estimate of drug-likeness (QED) is 0.929. The van der Waals surface area contributed by atoms with Gasteiger partial charge >= 0.3 is 0 Å². The van der Waals surface area contributed by atoms with E-state index in [1.807, 2.05) is 18.4 Å². The van der Waals surface area contributed by atoms with Crippen molar-refractivity contribution in [3.8, 4) is 0 Å². The predicted molar refractivity (Wildman–Crippen MR) is 71.7 cm³/mol. The van der Waals surface area contributed by atoms with E-state index in [0.717, 1.165) is 15.9 Å². The molecule has 1 N–H and O–H groups in total. The zero-order valence-electron chi connectivity index (χ0n) is 9.28. The fourth-order valence-corrected chi connectivity index (χ4v) is 3.32. The highest BCUT2D eigenvalue weighted by atomic mass is 79.9. The first-order valence-electron chi connectivity index (χ1n) is 5.30. The Morgan fingerprint density at radius 1 is 1.53 bits per heavy atom. The number of hydrogen-bond acceptors (Lipinski definition) is 3. The molecule has 5 heteroatoms. The van der Waals surface area contributed by atoms with E-state index in [-0.39, 0.29) is 11.9 Å². The zero-order chi connectivity index (χ0) is 12.3. The minimum atomic E-state index is -0.279. The summed E-state index contributed by atoms with van der Waals surface area (Å²) in [4.78, 5) is 5.19. The molecule has 2 nitrogen and oxygen atoms in total. The summed E-state index contributed by atoms with van der Waals surface area (Å²) in [5.41, 5.74) is 0.442. The monoisotopic (exact) mass is 314 g/mol. The smallest absolute Gasteiger partial charge is 0.146 e. The molecule has 0 bridgehead atoms.